The molecule has 0 heterocycles. The molecule has 1 aromatic rings. The average molecular weight is 407 g/mol. The highest BCUT2D eigenvalue weighted by atomic mass is 16.6. The minimum absolute atomic E-state index is 0.183. The van der Waals surface area contributed by atoms with Gasteiger partial charge in [-0.05, 0) is 87.3 Å². The molecule has 3 aliphatic rings. The molecule has 0 amide bonds. The third-order valence-electron chi connectivity index (χ3n) is 6.29. The van der Waals surface area contributed by atoms with Crippen LogP contribution in [-0.4, -0.2) is 16.7 Å². The highest BCUT2D eigenvalue weighted by Crippen LogP contribution is 2.33. The predicted octanol–water partition coefficient (Wildman–Crippen LogP) is 7.02. The monoisotopic (exact) mass is 406 g/mol. The standard InChI is InChI=1S/C15H20O2.C12H14O/c1-3-12-6-8-13(9-7-12)14(16)17-15(2)10-4-5-11-15;1-2-9-3-4-11-8-12(13)6-5-10(11)7-9/h6-9H,3-5,10-11H2,1-2H3;3-6,8,10,13H,2,7H2,1H3. The molecule has 0 bridgehead atoms. The molecule has 1 aromatic carbocycles. The van der Waals surface area contributed by atoms with Crippen LogP contribution in [0.2, 0.25) is 0 Å². The van der Waals surface area contributed by atoms with Gasteiger partial charge in [0.25, 0.3) is 0 Å². The number of aryl methyl sites for hydroxylation is 1. The van der Waals surface area contributed by atoms with Gasteiger partial charge in [0.15, 0.2) is 0 Å². The van der Waals surface area contributed by atoms with Crippen molar-refractivity contribution in [1.29, 1.82) is 0 Å². The third kappa shape index (κ3) is 5.75. The first-order valence-electron chi connectivity index (χ1n) is 11.2. The van der Waals surface area contributed by atoms with Crippen molar-refractivity contribution in [2.75, 3.05) is 0 Å². The number of rotatable bonds is 4. The fraction of sp³-hybridized carbons (Fsp3) is 0.444. The molecule has 0 aliphatic heterocycles. The third-order valence-corrected chi connectivity index (χ3v) is 6.29. The number of ether oxygens (including phenoxy) is 1. The molecular formula is C27H34O3. The Morgan fingerprint density at radius 1 is 1.10 bits per heavy atom. The predicted molar refractivity (Wildman–Crippen MR) is 123 cm³/mol. The van der Waals surface area contributed by atoms with E-state index in [1.807, 2.05) is 37.3 Å². The summed E-state index contributed by atoms with van der Waals surface area (Å²) in [7, 11) is 0. The van der Waals surface area contributed by atoms with Gasteiger partial charge in [-0.15, -0.1) is 0 Å². The Hall–Kier alpha value is -2.55. The Bertz CT molecular complexity index is 862. The maximum Gasteiger partial charge on any atom is 0.338 e. The Kier molecular flexibility index (Phi) is 7.36. The molecule has 1 saturated carbocycles. The summed E-state index contributed by atoms with van der Waals surface area (Å²) in [6, 6.07) is 7.71. The summed E-state index contributed by atoms with van der Waals surface area (Å²) >= 11 is 0. The summed E-state index contributed by atoms with van der Waals surface area (Å²) in [5, 5.41) is 9.28. The summed E-state index contributed by atoms with van der Waals surface area (Å²) in [6.45, 7) is 6.33. The van der Waals surface area contributed by atoms with Crippen molar-refractivity contribution in [3.05, 3.63) is 82.7 Å². The van der Waals surface area contributed by atoms with E-state index in [0.717, 1.165) is 32.1 Å². The number of hydrogen-bond acceptors (Lipinski definition) is 3. The second kappa shape index (κ2) is 9.97. The van der Waals surface area contributed by atoms with Gasteiger partial charge in [0.05, 0.1) is 5.56 Å². The van der Waals surface area contributed by atoms with Crippen molar-refractivity contribution < 1.29 is 14.6 Å². The highest BCUT2D eigenvalue weighted by Gasteiger charge is 2.32. The van der Waals surface area contributed by atoms with Gasteiger partial charge in [0, 0.05) is 5.92 Å². The lowest BCUT2D eigenvalue weighted by Gasteiger charge is -2.24. The highest BCUT2D eigenvalue weighted by molar-refractivity contribution is 5.89. The molecule has 1 atom stereocenters. The summed E-state index contributed by atoms with van der Waals surface area (Å²) in [5.74, 6) is 0.684. The number of carbonyl (C=O) groups excluding carboxylic acids is 1. The van der Waals surface area contributed by atoms with E-state index < -0.39 is 0 Å². The van der Waals surface area contributed by atoms with Crippen molar-refractivity contribution in [2.45, 2.75) is 71.3 Å². The number of fused-ring (bicyclic) bond motifs is 1. The Morgan fingerprint density at radius 2 is 1.80 bits per heavy atom. The number of esters is 1. The van der Waals surface area contributed by atoms with Gasteiger partial charge < -0.3 is 9.84 Å². The van der Waals surface area contributed by atoms with Crippen molar-refractivity contribution in [3.8, 4) is 0 Å². The van der Waals surface area contributed by atoms with Gasteiger partial charge in [0.2, 0.25) is 0 Å². The van der Waals surface area contributed by atoms with Gasteiger partial charge >= 0.3 is 5.97 Å². The molecule has 0 aromatic heterocycles. The lowest BCUT2D eigenvalue weighted by molar-refractivity contribution is -0.00609. The van der Waals surface area contributed by atoms with Crippen LogP contribution >= 0.6 is 0 Å². The normalized spacial score (nSPS) is 21.4. The van der Waals surface area contributed by atoms with Crippen LogP contribution in [0.3, 0.4) is 0 Å². The molecule has 0 spiro atoms. The van der Waals surface area contributed by atoms with E-state index in [-0.39, 0.29) is 11.6 Å². The van der Waals surface area contributed by atoms with Gasteiger partial charge in [-0.2, -0.15) is 0 Å². The minimum atomic E-state index is -0.236. The molecule has 3 aliphatic carbocycles. The van der Waals surface area contributed by atoms with E-state index >= 15 is 0 Å². The topological polar surface area (TPSA) is 46.5 Å². The average Bonchev–Trinajstić information content (AvgIpc) is 3.19. The lowest BCUT2D eigenvalue weighted by Crippen LogP contribution is -2.28. The Balaban J connectivity index is 0.000000177. The number of hydrogen-bond donors (Lipinski definition) is 1. The number of benzene rings is 1. The fourth-order valence-corrected chi connectivity index (χ4v) is 4.22. The summed E-state index contributed by atoms with van der Waals surface area (Å²) in [6.07, 6.45) is 17.6. The van der Waals surface area contributed by atoms with Crippen LogP contribution in [0.25, 0.3) is 0 Å². The summed E-state index contributed by atoms with van der Waals surface area (Å²) < 4.78 is 5.62. The van der Waals surface area contributed by atoms with Crippen molar-refractivity contribution in [3.63, 3.8) is 0 Å². The second-order valence-electron chi connectivity index (χ2n) is 8.68. The summed E-state index contributed by atoms with van der Waals surface area (Å²) in [4.78, 5) is 12.0. The smallest absolute Gasteiger partial charge is 0.338 e. The van der Waals surface area contributed by atoms with Gasteiger partial charge in [-0.1, -0.05) is 49.8 Å². The number of allylic oxidation sites excluding steroid dienone is 7. The van der Waals surface area contributed by atoms with Crippen LogP contribution in [-0.2, 0) is 11.2 Å². The molecule has 1 fully saturated rings. The van der Waals surface area contributed by atoms with Crippen molar-refractivity contribution in [2.24, 2.45) is 5.92 Å². The number of aliphatic hydroxyl groups excluding tert-OH is 1. The zero-order valence-electron chi connectivity index (χ0n) is 18.5. The van der Waals surface area contributed by atoms with Gasteiger partial charge in [0.1, 0.15) is 11.4 Å². The minimum Gasteiger partial charge on any atom is -0.508 e. The molecule has 3 nitrogen and oxygen atoms in total. The molecule has 0 radical (unpaired) electrons. The van der Waals surface area contributed by atoms with Crippen molar-refractivity contribution >= 4 is 5.97 Å². The van der Waals surface area contributed by atoms with Crippen LogP contribution in [0.5, 0.6) is 0 Å². The number of carbonyl (C=O) groups is 1. The molecule has 3 heteroatoms. The second-order valence-corrected chi connectivity index (χ2v) is 8.68. The molecule has 30 heavy (non-hydrogen) atoms. The van der Waals surface area contributed by atoms with Crippen LogP contribution < -0.4 is 0 Å². The van der Waals surface area contributed by atoms with Gasteiger partial charge in [-0.3, -0.25) is 0 Å². The van der Waals surface area contributed by atoms with Crippen molar-refractivity contribution in [1.82, 2.24) is 0 Å². The molecular weight excluding hydrogens is 372 g/mol. The van der Waals surface area contributed by atoms with E-state index in [1.165, 1.54) is 29.6 Å². The first-order chi connectivity index (χ1) is 14.4. The molecule has 4 rings (SSSR count). The maximum atomic E-state index is 12.0. The first kappa shape index (κ1) is 22.1. The SMILES string of the molecule is CCC1=CC=C2C=C(O)C=CC2C1.CCc1ccc(C(=O)OC2(C)CCCC2)cc1. The Labute approximate surface area is 180 Å². The zero-order valence-corrected chi connectivity index (χ0v) is 18.5. The summed E-state index contributed by atoms with van der Waals surface area (Å²) in [5.41, 5.74) is 4.40. The van der Waals surface area contributed by atoms with Crippen LogP contribution in [0.15, 0.2) is 71.6 Å². The van der Waals surface area contributed by atoms with E-state index in [2.05, 4.69) is 32.1 Å². The van der Waals surface area contributed by atoms with Crippen LogP contribution in [0.1, 0.15) is 75.2 Å². The van der Waals surface area contributed by atoms with Crippen LogP contribution in [0.4, 0.5) is 0 Å². The lowest BCUT2D eigenvalue weighted by atomic mass is 9.83. The van der Waals surface area contributed by atoms with Crippen LogP contribution in [0, 0.1) is 5.92 Å². The van der Waals surface area contributed by atoms with E-state index in [1.54, 1.807) is 6.08 Å². The molecule has 0 saturated heterocycles. The number of aliphatic hydroxyl groups is 1. The van der Waals surface area contributed by atoms with E-state index in [0.29, 0.717) is 17.2 Å². The van der Waals surface area contributed by atoms with Gasteiger partial charge in [-0.25, -0.2) is 4.79 Å². The van der Waals surface area contributed by atoms with E-state index in [4.69, 9.17) is 4.74 Å². The quantitative estimate of drug-likeness (QED) is 0.547. The Morgan fingerprint density at radius 3 is 2.43 bits per heavy atom. The largest absolute Gasteiger partial charge is 0.508 e. The molecule has 160 valence electrons. The first-order valence-corrected chi connectivity index (χ1v) is 11.2. The van der Waals surface area contributed by atoms with E-state index in [9.17, 15) is 9.90 Å². The molecule has 1 N–H and O–H groups in total. The molecule has 1 unspecified atom stereocenters. The fourth-order valence-electron chi connectivity index (χ4n) is 4.22. The zero-order chi connectivity index (χ0) is 21.6. The maximum absolute atomic E-state index is 12.0.